The highest BCUT2D eigenvalue weighted by Crippen LogP contribution is 2.28. The quantitative estimate of drug-likeness (QED) is 0.895. The molecule has 2 aliphatic rings. The minimum Gasteiger partial charge on any atom is -0.434 e. The molecule has 4 nitrogen and oxygen atoms in total. The molecule has 2 aliphatic heterocycles. The van der Waals surface area contributed by atoms with Crippen LogP contribution in [-0.2, 0) is 0 Å². The lowest BCUT2D eigenvalue weighted by Crippen LogP contribution is -2.43. The Labute approximate surface area is 147 Å². The maximum Gasteiger partial charge on any atom is 0.387 e. The predicted octanol–water partition coefficient (Wildman–Crippen LogP) is 3.31. The van der Waals surface area contributed by atoms with E-state index in [2.05, 4.69) is 10.1 Å². The number of hydrogen-bond acceptors (Lipinski definition) is 3. The third-order valence-corrected chi connectivity index (χ3v) is 4.83. The minimum atomic E-state index is -2.93. The molecule has 2 heterocycles. The van der Waals surface area contributed by atoms with Gasteiger partial charge in [-0.25, -0.2) is 0 Å². The van der Waals surface area contributed by atoms with Gasteiger partial charge in [0.05, 0.1) is 5.56 Å². The van der Waals surface area contributed by atoms with E-state index in [0.717, 1.165) is 19.4 Å². The van der Waals surface area contributed by atoms with Crippen LogP contribution in [0.15, 0.2) is 24.3 Å². The highest BCUT2D eigenvalue weighted by atomic mass is 35.5. The van der Waals surface area contributed by atoms with Gasteiger partial charge >= 0.3 is 6.61 Å². The number of carbonyl (C=O) groups is 1. The van der Waals surface area contributed by atoms with Crippen LogP contribution in [0.3, 0.4) is 0 Å². The van der Waals surface area contributed by atoms with Crippen LogP contribution in [0, 0.1) is 5.92 Å². The van der Waals surface area contributed by atoms with Gasteiger partial charge in [0.25, 0.3) is 5.91 Å². The summed E-state index contributed by atoms with van der Waals surface area (Å²) in [4.78, 5) is 14.4. The van der Waals surface area contributed by atoms with Crippen molar-refractivity contribution in [1.82, 2.24) is 10.2 Å². The van der Waals surface area contributed by atoms with Crippen molar-refractivity contribution in [3.05, 3.63) is 29.8 Å². The van der Waals surface area contributed by atoms with Crippen LogP contribution < -0.4 is 10.1 Å². The predicted molar refractivity (Wildman–Crippen MR) is 90.0 cm³/mol. The van der Waals surface area contributed by atoms with E-state index in [9.17, 15) is 13.6 Å². The van der Waals surface area contributed by atoms with Crippen molar-refractivity contribution >= 4 is 18.3 Å². The van der Waals surface area contributed by atoms with Crippen LogP contribution in [0.2, 0.25) is 0 Å². The third kappa shape index (κ3) is 4.36. The first-order valence-electron chi connectivity index (χ1n) is 8.21. The van der Waals surface area contributed by atoms with Gasteiger partial charge in [0.1, 0.15) is 5.75 Å². The standard InChI is InChI=1S/C17H22F2N2O2.ClH/c18-17(19)23-15-6-2-1-4-13(15)16(22)21-10-7-12(8-11-21)14-5-3-9-20-14;/h1-2,4,6,12,14,17,20H,3,5,7-11H2;1H. The van der Waals surface area contributed by atoms with Crippen LogP contribution in [0.1, 0.15) is 36.0 Å². The molecule has 7 heteroatoms. The first-order valence-corrected chi connectivity index (χ1v) is 8.21. The average molecular weight is 361 g/mol. The zero-order chi connectivity index (χ0) is 16.2. The molecule has 0 spiro atoms. The van der Waals surface area contributed by atoms with Gasteiger partial charge in [-0.1, -0.05) is 12.1 Å². The van der Waals surface area contributed by atoms with Crippen LogP contribution in [-0.4, -0.2) is 43.1 Å². The summed E-state index contributed by atoms with van der Waals surface area (Å²) in [5.74, 6) is 0.334. The smallest absolute Gasteiger partial charge is 0.387 e. The fourth-order valence-corrected chi connectivity index (χ4v) is 3.63. The number of hydrogen-bond donors (Lipinski definition) is 1. The molecule has 0 radical (unpaired) electrons. The number of nitrogens with zero attached hydrogens (tertiary/aromatic N) is 1. The lowest BCUT2D eigenvalue weighted by molar-refractivity contribution is -0.0503. The number of amides is 1. The van der Waals surface area contributed by atoms with Crippen LogP contribution in [0.5, 0.6) is 5.75 Å². The van der Waals surface area contributed by atoms with Gasteiger partial charge in [0.15, 0.2) is 0 Å². The Hall–Kier alpha value is -1.40. The summed E-state index contributed by atoms with van der Waals surface area (Å²) in [5, 5.41) is 3.53. The number of ether oxygens (including phenoxy) is 1. The van der Waals surface area contributed by atoms with Gasteiger partial charge in [-0.15, -0.1) is 12.4 Å². The molecule has 24 heavy (non-hydrogen) atoms. The third-order valence-electron chi connectivity index (χ3n) is 4.83. The fraction of sp³-hybridized carbons (Fsp3) is 0.588. The van der Waals surface area contributed by atoms with E-state index in [1.807, 2.05) is 0 Å². The number of nitrogens with one attached hydrogen (secondary N) is 1. The number of carbonyl (C=O) groups excluding carboxylic acids is 1. The zero-order valence-corrected chi connectivity index (χ0v) is 14.2. The van der Waals surface area contributed by atoms with Crippen molar-refractivity contribution in [2.75, 3.05) is 19.6 Å². The summed E-state index contributed by atoms with van der Waals surface area (Å²) >= 11 is 0. The van der Waals surface area contributed by atoms with E-state index in [4.69, 9.17) is 0 Å². The van der Waals surface area contributed by atoms with E-state index in [-0.39, 0.29) is 29.6 Å². The summed E-state index contributed by atoms with van der Waals surface area (Å²) in [7, 11) is 0. The molecule has 2 saturated heterocycles. The Bertz CT molecular complexity index is 545. The van der Waals surface area contributed by atoms with Gasteiger partial charge in [-0.05, 0) is 50.3 Å². The monoisotopic (exact) mass is 360 g/mol. The van der Waals surface area contributed by atoms with E-state index in [0.29, 0.717) is 25.0 Å². The van der Waals surface area contributed by atoms with Crippen LogP contribution in [0.25, 0.3) is 0 Å². The molecular formula is C17H23ClF2N2O2. The molecule has 1 amide bonds. The lowest BCUT2D eigenvalue weighted by Gasteiger charge is -2.35. The van der Waals surface area contributed by atoms with E-state index >= 15 is 0 Å². The molecule has 1 N–H and O–H groups in total. The number of likely N-dealkylation sites (tertiary alicyclic amines) is 1. The van der Waals surface area contributed by atoms with Gasteiger partial charge in [-0.3, -0.25) is 4.79 Å². The van der Waals surface area contributed by atoms with Crippen molar-refractivity contribution in [3.8, 4) is 5.75 Å². The Morgan fingerprint density at radius 2 is 1.92 bits per heavy atom. The molecule has 1 atom stereocenters. The maximum atomic E-state index is 12.6. The number of halogens is 3. The van der Waals surface area contributed by atoms with Gasteiger partial charge < -0.3 is 15.0 Å². The normalized spacial score (nSPS) is 21.6. The maximum absolute atomic E-state index is 12.6. The Balaban J connectivity index is 0.00000208. The van der Waals surface area contributed by atoms with Gasteiger partial charge in [0.2, 0.25) is 0 Å². The summed E-state index contributed by atoms with van der Waals surface area (Å²) in [6.07, 6.45) is 4.36. The van der Waals surface area contributed by atoms with Crippen molar-refractivity contribution in [1.29, 1.82) is 0 Å². The molecule has 0 aliphatic carbocycles. The fourth-order valence-electron chi connectivity index (χ4n) is 3.63. The molecule has 2 fully saturated rings. The van der Waals surface area contributed by atoms with Crippen LogP contribution >= 0.6 is 12.4 Å². The van der Waals surface area contributed by atoms with Crippen molar-refractivity contribution in [2.24, 2.45) is 5.92 Å². The second kappa shape index (κ2) is 8.62. The highest BCUT2D eigenvalue weighted by molar-refractivity contribution is 5.97. The van der Waals surface area contributed by atoms with Crippen molar-refractivity contribution in [2.45, 2.75) is 38.3 Å². The van der Waals surface area contributed by atoms with E-state index < -0.39 is 6.61 Å². The zero-order valence-electron chi connectivity index (χ0n) is 13.4. The molecule has 0 bridgehead atoms. The average Bonchev–Trinajstić information content (AvgIpc) is 3.09. The molecular weight excluding hydrogens is 338 g/mol. The topological polar surface area (TPSA) is 41.6 Å². The first kappa shape index (κ1) is 18.9. The van der Waals surface area contributed by atoms with E-state index in [1.165, 1.54) is 18.9 Å². The SMILES string of the molecule is Cl.O=C(c1ccccc1OC(F)F)N1CCC(C2CCCN2)CC1. The van der Waals surface area contributed by atoms with Gasteiger partial charge in [-0.2, -0.15) is 8.78 Å². The number of piperidine rings is 1. The molecule has 1 aromatic rings. The summed E-state index contributed by atoms with van der Waals surface area (Å²) in [5.41, 5.74) is 0.213. The Morgan fingerprint density at radius 3 is 2.54 bits per heavy atom. The molecule has 1 aromatic carbocycles. The molecule has 134 valence electrons. The first-order chi connectivity index (χ1) is 11.1. The van der Waals surface area contributed by atoms with Crippen molar-refractivity contribution < 1.29 is 18.3 Å². The Kier molecular flexibility index (Phi) is 6.80. The Morgan fingerprint density at radius 1 is 1.21 bits per heavy atom. The van der Waals surface area contributed by atoms with Crippen LogP contribution in [0.4, 0.5) is 8.78 Å². The summed E-state index contributed by atoms with van der Waals surface area (Å²) in [6, 6.07) is 6.79. The number of alkyl halides is 2. The summed E-state index contributed by atoms with van der Waals surface area (Å²) < 4.78 is 29.4. The molecule has 0 aromatic heterocycles. The number of para-hydroxylation sites is 1. The second-order valence-corrected chi connectivity index (χ2v) is 6.21. The molecule has 1 unspecified atom stereocenters. The van der Waals surface area contributed by atoms with Gasteiger partial charge in [0, 0.05) is 19.1 Å². The molecule has 3 rings (SSSR count). The largest absolute Gasteiger partial charge is 0.434 e. The van der Waals surface area contributed by atoms with E-state index in [1.54, 1.807) is 23.1 Å². The minimum absolute atomic E-state index is 0. The number of rotatable bonds is 4. The van der Waals surface area contributed by atoms with Crippen molar-refractivity contribution in [3.63, 3.8) is 0 Å². The lowest BCUT2D eigenvalue weighted by atomic mass is 9.88. The number of benzene rings is 1. The highest BCUT2D eigenvalue weighted by Gasteiger charge is 2.31. The summed E-state index contributed by atoms with van der Waals surface area (Å²) in [6.45, 7) is -0.500. The molecule has 0 saturated carbocycles. The second-order valence-electron chi connectivity index (χ2n) is 6.21.